The van der Waals surface area contributed by atoms with Gasteiger partial charge in [-0.05, 0) is 19.8 Å². The number of amides is 1. The van der Waals surface area contributed by atoms with Crippen molar-refractivity contribution in [1.29, 1.82) is 0 Å². The molecule has 4 N–H and O–H groups in total. The van der Waals surface area contributed by atoms with Crippen LogP contribution in [0, 0.1) is 5.41 Å². The van der Waals surface area contributed by atoms with Crippen molar-refractivity contribution in [2.75, 3.05) is 13.2 Å². The average molecular weight is 186 g/mol. The van der Waals surface area contributed by atoms with Gasteiger partial charge < -0.3 is 16.2 Å². The van der Waals surface area contributed by atoms with Gasteiger partial charge in [0.2, 0.25) is 5.91 Å². The van der Waals surface area contributed by atoms with Crippen molar-refractivity contribution in [3.8, 4) is 0 Å². The van der Waals surface area contributed by atoms with Crippen LogP contribution in [-0.4, -0.2) is 30.2 Å². The molecule has 1 saturated carbocycles. The normalized spacial score (nSPS) is 21.8. The van der Waals surface area contributed by atoms with Gasteiger partial charge in [0, 0.05) is 12.6 Å². The summed E-state index contributed by atoms with van der Waals surface area (Å²) in [4.78, 5) is 11.6. The van der Waals surface area contributed by atoms with Gasteiger partial charge in [0.25, 0.3) is 0 Å². The highest BCUT2D eigenvalue weighted by Crippen LogP contribution is 2.39. The molecule has 0 aromatic carbocycles. The minimum absolute atomic E-state index is 0.00259. The average Bonchev–Trinajstić information content (AvgIpc) is 2.03. The highest BCUT2D eigenvalue weighted by molar-refractivity contribution is 5.84. The molecule has 4 nitrogen and oxygen atoms in total. The zero-order valence-corrected chi connectivity index (χ0v) is 8.05. The summed E-state index contributed by atoms with van der Waals surface area (Å²) >= 11 is 0. The lowest BCUT2D eigenvalue weighted by Gasteiger charge is -2.39. The van der Waals surface area contributed by atoms with Gasteiger partial charge in [0.1, 0.15) is 0 Å². The predicted molar refractivity (Wildman–Crippen MR) is 50.0 cm³/mol. The number of carbonyl (C=O) groups excluding carboxylic acids is 1. The number of aliphatic hydroxyl groups is 1. The van der Waals surface area contributed by atoms with E-state index >= 15 is 0 Å². The molecular formula is C9H18N2O2. The minimum Gasteiger partial charge on any atom is -0.394 e. The Bertz CT molecular complexity index is 185. The molecule has 1 fully saturated rings. The van der Waals surface area contributed by atoms with E-state index < -0.39 is 0 Å². The maximum atomic E-state index is 11.6. The summed E-state index contributed by atoms with van der Waals surface area (Å²) in [6.45, 7) is 2.17. The first-order chi connectivity index (χ1) is 6.14. The van der Waals surface area contributed by atoms with E-state index in [9.17, 15) is 4.79 Å². The van der Waals surface area contributed by atoms with Crippen LogP contribution in [0.15, 0.2) is 0 Å². The summed E-state index contributed by atoms with van der Waals surface area (Å²) in [6.07, 6.45) is 2.85. The highest BCUT2D eigenvalue weighted by Gasteiger charge is 2.42. The maximum Gasteiger partial charge on any atom is 0.227 e. The molecule has 0 aromatic heterocycles. The molecule has 0 unspecified atom stereocenters. The first-order valence-corrected chi connectivity index (χ1v) is 4.76. The molecule has 0 bridgehead atoms. The summed E-state index contributed by atoms with van der Waals surface area (Å²) in [5, 5.41) is 11.5. The summed E-state index contributed by atoms with van der Waals surface area (Å²) in [7, 11) is 0. The number of hydrogen-bond donors (Lipinski definition) is 3. The monoisotopic (exact) mass is 186 g/mol. The number of nitrogens with two attached hydrogens (primary N) is 1. The van der Waals surface area contributed by atoms with Gasteiger partial charge in [-0.3, -0.25) is 4.79 Å². The third-order valence-corrected chi connectivity index (χ3v) is 2.83. The molecule has 0 saturated heterocycles. The topological polar surface area (TPSA) is 75.3 Å². The molecule has 1 aliphatic carbocycles. The van der Waals surface area contributed by atoms with Crippen molar-refractivity contribution in [2.45, 2.75) is 32.2 Å². The molecule has 0 radical (unpaired) electrons. The summed E-state index contributed by atoms with van der Waals surface area (Å²) in [6, 6.07) is -0.170. The molecule has 4 heteroatoms. The fraction of sp³-hybridized carbons (Fsp3) is 0.889. The van der Waals surface area contributed by atoms with E-state index in [1.165, 1.54) is 0 Å². The van der Waals surface area contributed by atoms with Crippen LogP contribution in [0.1, 0.15) is 26.2 Å². The SMILES string of the molecule is C[C@H](CO)NC(=O)C1(CN)CCC1. The van der Waals surface area contributed by atoms with Gasteiger partial charge in [0.15, 0.2) is 0 Å². The van der Waals surface area contributed by atoms with Crippen molar-refractivity contribution >= 4 is 5.91 Å². The van der Waals surface area contributed by atoms with E-state index in [0.29, 0.717) is 6.54 Å². The third kappa shape index (κ3) is 2.00. The smallest absolute Gasteiger partial charge is 0.227 e. The molecule has 1 amide bonds. The van der Waals surface area contributed by atoms with Crippen LogP contribution >= 0.6 is 0 Å². The Balaban J connectivity index is 2.46. The minimum atomic E-state index is -0.330. The first kappa shape index (κ1) is 10.5. The standard InChI is InChI=1S/C9H18N2O2/c1-7(5-12)11-8(13)9(6-10)3-2-4-9/h7,12H,2-6,10H2,1H3,(H,11,13)/t7-/m1/s1. The van der Waals surface area contributed by atoms with E-state index in [1.54, 1.807) is 6.92 Å². The Morgan fingerprint density at radius 3 is 2.62 bits per heavy atom. The second-order valence-corrected chi connectivity index (χ2v) is 3.90. The van der Waals surface area contributed by atoms with E-state index in [-0.39, 0.29) is 24.0 Å². The van der Waals surface area contributed by atoms with Crippen LogP contribution in [0.25, 0.3) is 0 Å². The Hall–Kier alpha value is -0.610. The molecule has 0 spiro atoms. The molecule has 1 rings (SSSR count). The molecule has 76 valence electrons. The van der Waals surface area contributed by atoms with Crippen molar-refractivity contribution in [1.82, 2.24) is 5.32 Å². The van der Waals surface area contributed by atoms with Gasteiger partial charge in [-0.1, -0.05) is 6.42 Å². The molecule has 0 aromatic rings. The second kappa shape index (κ2) is 4.07. The fourth-order valence-electron chi connectivity index (χ4n) is 1.55. The van der Waals surface area contributed by atoms with Gasteiger partial charge in [-0.25, -0.2) is 0 Å². The van der Waals surface area contributed by atoms with E-state index in [4.69, 9.17) is 10.8 Å². The van der Waals surface area contributed by atoms with Crippen molar-refractivity contribution in [2.24, 2.45) is 11.1 Å². The Morgan fingerprint density at radius 1 is 1.69 bits per heavy atom. The quantitative estimate of drug-likeness (QED) is 0.560. The summed E-state index contributed by atoms with van der Waals surface area (Å²) < 4.78 is 0. The fourth-order valence-corrected chi connectivity index (χ4v) is 1.55. The van der Waals surface area contributed by atoms with Gasteiger partial charge in [0.05, 0.1) is 12.0 Å². The Morgan fingerprint density at radius 2 is 2.31 bits per heavy atom. The van der Waals surface area contributed by atoms with E-state index in [1.807, 2.05) is 0 Å². The molecule has 0 aliphatic heterocycles. The first-order valence-electron chi connectivity index (χ1n) is 4.76. The van der Waals surface area contributed by atoms with Crippen LogP contribution in [0.5, 0.6) is 0 Å². The van der Waals surface area contributed by atoms with Crippen LogP contribution in [0.3, 0.4) is 0 Å². The molecule has 13 heavy (non-hydrogen) atoms. The molecule has 0 heterocycles. The zero-order chi connectivity index (χ0) is 9.90. The summed E-state index contributed by atoms with van der Waals surface area (Å²) in [5.41, 5.74) is 5.23. The lowest BCUT2D eigenvalue weighted by molar-refractivity contribution is -0.136. The van der Waals surface area contributed by atoms with Crippen molar-refractivity contribution in [3.63, 3.8) is 0 Å². The Kier molecular flexibility index (Phi) is 3.27. The molecule has 1 aliphatic rings. The number of nitrogens with one attached hydrogen (secondary N) is 1. The molecular weight excluding hydrogens is 168 g/mol. The number of hydrogen-bond acceptors (Lipinski definition) is 3. The van der Waals surface area contributed by atoms with Gasteiger partial charge >= 0.3 is 0 Å². The number of aliphatic hydroxyl groups excluding tert-OH is 1. The second-order valence-electron chi connectivity index (χ2n) is 3.90. The van der Waals surface area contributed by atoms with Crippen LogP contribution < -0.4 is 11.1 Å². The highest BCUT2D eigenvalue weighted by atomic mass is 16.3. The van der Waals surface area contributed by atoms with Crippen molar-refractivity contribution < 1.29 is 9.90 Å². The van der Waals surface area contributed by atoms with Crippen LogP contribution in [0.4, 0.5) is 0 Å². The van der Waals surface area contributed by atoms with Crippen LogP contribution in [-0.2, 0) is 4.79 Å². The number of rotatable bonds is 4. The summed E-state index contributed by atoms with van der Waals surface area (Å²) in [5.74, 6) is 0.00259. The molecule has 1 atom stereocenters. The Labute approximate surface area is 78.5 Å². The van der Waals surface area contributed by atoms with Crippen LogP contribution in [0.2, 0.25) is 0 Å². The third-order valence-electron chi connectivity index (χ3n) is 2.83. The zero-order valence-electron chi connectivity index (χ0n) is 8.05. The van der Waals surface area contributed by atoms with E-state index in [0.717, 1.165) is 19.3 Å². The van der Waals surface area contributed by atoms with Gasteiger partial charge in [-0.2, -0.15) is 0 Å². The lowest BCUT2D eigenvalue weighted by Crippen LogP contribution is -2.52. The predicted octanol–water partition coefficient (Wildman–Crippen LogP) is -0.388. The van der Waals surface area contributed by atoms with Crippen molar-refractivity contribution in [3.05, 3.63) is 0 Å². The number of carbonyl (C=O) groups is 1. The maximum absolute atomic E-state index is 11.6. The largest absolute Gasteiger partial charge is 0.394 e. The van der Waals surface area contributed by atoms with Gasteiger partial charge in [-0.15, -0.1) is 0 Å². The lowest BCUT2D eigenvalue weighted by atomic mass is 9.68. The van der Waals surface area contributed by atoms with E-state index in [2.05, 4.69) is 5.32 Å².